The van der Waals surface area contributed by atoms with E-state index in [2.05, 4.69) is 27.4 Å². The molecular formula is C13H22N4OS. The van der Waals surface area contributed by atoms with Gasteiger partial charge in [-0.1, -0.05) is 6.92 Å². The van der Waals surface area contributed by atoms with Crippen LogP contribution in [0, 0.1) is 0 Å². The number of thiazole rings is 1. The first kappa shape index (κ1) is 14.3. The number of likely N-dealkylation sites (tertiary alicyclic amines) is 1. The van der Waals surface area contributed by atoms with Crippen LogP contribution in [0.2, 0.25) is 0 Å². The minimum atomic E-state index is -0.0560. The summed E-state index contributed by atoms with van der Waals surface area (Å²) in [4.78, 5) is 18.3. The number of aromatic nitrogens is 1. The van der Waals surface area contributed by atoms with Crippen LogP contribution in [0.4, 0.5) is 4.79 Å². The van der Waals surface area contributed by atoms with Crippen molar-refractivity contribution in [3.8, 4) is 0 Å². The Morgan fingerprint density at radius 3 is 3.26 bits per heavy atom. The lowest BCUT2D eigenvalue weighted by atomic mass is 10.1. The van der Waals surface area contributed by atoms with Crippen LogP contribution in [0.25, 0.3) is 0 Å². The summed E-state index contributed by atoms with van der Waals surface area (Å²) in [5, 5.41) is 8.97. The largest absolute Gasteiger partial charge is 0.338 e. The van der Waals surface area contributed by atoms with Crippen molar-refractivity contribution in [2.75, 3.05) is 26.2 Å². The molecule has 1 aliphatic heterocycles. The minimum absolute atomic E-state index is 0.0560. The Morgan fingerprint density at radius 1 is 1.63 bits per heavy atom. The summed E-state index contributed by atoms with van der Waals surface area (Å²) in [5.74, 6) is 0. The average molecular weight is 282 g/mol. The second kappa shape index (κ2) is 7.45. The van der Waals surface area contributed by atoms with E-state index in [4.69, 9.17) is 0 Å². The normalized spacial score (nSPS) is 20.2. The topological polar surface area (TPSA) is 57.3 Å². The van der Waals surface area contributed by atoms with E-state index in [1.165, 1.54) is 0 Å². The number of carbonyl (C=O) groups excluding carboxylic acids is 1. The first-order chi connectivity index (χ1) is 9.28. The maximum absolute atomic E-state index is 11.8. The fourth-order valence-electron chi connectivity index (χ4n) is 2.36. The highest BCUT2D eigenvalue weighted by Crippen LogP contribution is 2.09. The van der Waals surface area contributed by atoms with Crippen molar-refractivity contribution >= 4 is 17.4 Å². The number of nitrogens with zero attached hydrogens (tertiary/aromatic N) is 2. The monoisotopic (exact) mass is 282 g/mol. The molecular weight excluding hydrogens is 260 g/mol. The first-order valence-electron chi connectivity index (χ1n) is 6.93. The molecule has 19 heavy (non-hydrogen) atoms. The number of hydrogen-bond donors (Lipinski definition) is 2. The van der Waals surface area contributed by atoms with Gasteiger partial charge in [0, 0.05) is 37.1 Å². The van der Waals surface area contributed by atoms with Gasteiger partial charge >= 0.3 is 6.03 Å². The second-order valence-corrected chi connectivity index (χ2v) is 5.79. The second-order valence-electron chi connectivity index (χ2n) is 4.81. The van der Waals surface area contributed by atoms with Gasteiger partial charge in [0.1, 0.15) is 0 Å². The van der Waals surface area contributed by atoms with Crippen molar-refractivity contribution < 1.29 is 4.79 Å². The van der Waals surface area contributed by atoms with Gasteiger partial charge < -0.3 is 15.5 Å². The van der Waals surface area contributed by atoms with Gasteiger partial charge in [-0.2, -0.15) is 0 Å². The molecule has 1 atom stereocenters. The molecule has 1 aromatic heterocycles. The maximum atomic E-state index is 11.8. The predicted octanol–water partition coefficient (Wildman–Crippen LogP) is 1.47. The molecule has 0 aliphatic carbocycles. The number of piperidine rings is 1. The third-order valence-electron chi connectivity index (χ3n) is 3.40. The number of urea groups is 1. The van der Waals surface area contributed by atoms with Crippen molar-refractivity contribution in [1.29, 1.82) is 0 Å². The van der Waals surface area contributed by atoms with Crippen LogP contribution in [0.3, 0.4) is 0 Å². The fourth-order valence-corrected chi connectivity index (χ4v) is 2.98. The SMILES string of the molecule is CCN1CCCC(NC(=O)NCCc2nccs2)C1. The Balaban J connectivity index is 1.63. The Labute approximate surface area is 118 Å². The van der Waals surface area contributed by atoms with Gasteiger partial charge in [-0.05, 0) is 25.9 Å². The van der Waals surface area contributed by atoms with E-state index < -0.39 is 0 Å². The van der Waals surface area contributed by atoms with Crippen LogP contribution < -0.4 is 10.6 Å². The highest BCUT2D eigenvalue weighted by molar-refractivity contribution is 7.09. The molecule has 0 bridgehead atoms. The van der Waals surface area contributed by atoms with Gasteiger partial charge in [-0.25, -0.2) is 9.78 Å². The third-order valence-corrected chi connectivity index (χ3v) is 4.24. The molecule has 0 aromatic carbocycles. The van der Waals surface area contributed by atoms with E-state index in [1.807, 2.05) is 5.38 Å². The maximum Gasteiger partial charge on any atom is 0.315 e. The van der Waals surface area contributed by atoms with Crippen LogP contribution in [0.5, 0.6) is 0 Å². The summed E-state index contributed by atoms with van der Waals surface area (Å²) in [7, 11) is 0. The quantitative estimate of drug-likeness (QED) is 0.860. The van der Waals surface area contributed by atoms with Gasteiger partial charge in [-0.3, -0.25) is 0 Å². The van der Waals surface area contributed by atoms with Crippen LogP contribution >= 0.6 is 11.3 Å². The van der Waals surface area contributed by atoms with Gasteiger partial charge in [0.05, 0.1) is 5.01 Å². The van der Waals surface area contributed by atoms with Crippen molar-refractivity contribution in [2.24, 2.45) is 0 Å². The Kier molecular flexibility index (Phi) is 5.60. The van der Waals surface area contributed by atoms with Gasteiger partial charge in [0.15, 0.2) is 0 Å². The van der Waals surface area contributed by atoms with E-state index in [-0.39, 0.29) is 12.1 Å². The molecule has 0 spiro atoms. The number of nitrogens with one attached hydrogen (secondary N) is 2. The van der Waals surface area contributed by atoms with E-state index >= 15 is 0 Å². The average Bonchev–Trinajstić information content (AvgIpc) is 2.92. The molecule has 2 rings (SSSR count). The standard InChI is InChI=1S/C13H22N4OS/c1-2-17-8-3-4-11(10-17)16-13(18)15-6-5-12-14-7-9-19-12/h7,9,11H,2-6,8,10H2,1H3,(H2,15,16,18). The molecule has 2 heterocycles. The number of amides is 2. The highest BCUT2D eigenvalue weighted by Gasteiger charge is 2.19. The lowest BCUT2D eigenvalue weighted by molar-refractivity contribution is 0.192. The summed E-state index contributed by atoms with van der Waals surface area (Å²) >= 11 is 1.62. The van der Waals surface area contributed by atoms with E-state index in [0.29, 0.717) is 6.54 Å². The van der Waals surface area contributed by atoms with Gasteiger partial charge in [0.2, 0.25) is 0 Å². The summed E-state index contributed by atoms with van der Waals surface area (Å²) in [6.07, 6.45) is 4.84. The van der Waals surface area contributed by atoms with Crippen LogP contribution in [0.15, 0.2) is 11.6 Å². The van der Waals surface area contributed by atoms with E-state index in [9.17, 15) is 4.79 Å². The molecule has 0 saturated carbocycles. The molecule has 2 N–H and O–H groups in total. The predicted molar refractivity (Wildman–Crippen MR) is 77.5 cm³/mol. The fraction of sp³-hybridized carbons (Fsp3) is 0.692. The molecule has 0 radical (unpaired) electrons. The van der Waals surface area contributed by atoms with Crippen molar-refractivity contribution in [1.82, 2.24) is 20.5 Å². The van der Waals surface area contributed by atoms with E-state index in [0.717, 1.165) is 43.9 Å². The third kappa shape index (κ3) is 4.80. The number of carbonyl (C=O) groups is 1. The smallest absolute Gasteiger partial charge is 0.315 e. The molecule has 1 fully saturated rings. The Hall–Kier alpha value is -1.14. The number of hydrogen-bond acceptors (Lipinski definition) is 4. The van der Waals surface area contributed by atoms with Crippen LogP contribution in [0.1, 0.15) is 24.8 Å². The zero-order chi connectivity index (χ0) is 13.5. The summed E-state index contributed by atoms with van der Waals surface area (Å²) in [6.45, 7) is 5.99. The summed E-state index contributed by atoms with van der Waals surface area (Å²) in [6, 6.07) is 0.230. The van der Waals surface area contributed by atoms with Crippen LogP contribution in [-0.2, 0) is 6.42 Å². The lowest BCUT2D eigenvalue weighted by Crippen LogP contribution is -2.50. The Bertz CT molecular complexity index is 382. The molecule has 1 aliphatic rings. The first-order valence-corrected chi connectivity index (χ1v) is 7.81. The van der Waals surface area contributed by atoms with Gasteiger partial charge in [-0.15, -0.1) is 11.3 Å². The van der Waals surface area contributed by atoms with Crippen molar-refractivity contribution in [2.45, 2.75) is 32.2 Å². The Morgan fingerprint density at radius 2 is 2.53 bits per heavy atom. The number of rotatable bonds is 5. The zero-order valence-corrected chi connectivity index (χ0v) is 12.2. The molecule has 6 heteroatoms. The zero-order valence-electron chi connectivity index (χ0n) is 11.4. The molecule has 1 unspecified atom stereocenters. The van der Waals surface area contributed by atoms with Crippen molar-refractivity contribution in [3.63, 3.8) is 0 Å². The van der Waals surface area contributed by atoms with Gasteiger partial charge in [0.25, 0.3) is 0 Å². The minimum Gasteiger partial charge on any atom is -0.338 e. The number of likely N-dealkylation sites (N-methyl/N-ethyl adjacent to an activating group) is 1. The highest BCUT2D eigenvalue weighted by atomic mass is 32.1. The molecule has 1 aromatic rings. The molecule has 106 valence electrons. The lowest BCUT2D eigenvalue weighted by Gasteiger charge is -2.32. The molecule has 1 saturated heterocycles. The molecule has 5 nitrogen and oxygen atoms in total. The summed E-state index contributed by atoms with van der Waals surface area (Å²) < 4.78 is 0. The van der Waals surface area contributed by atoms with E-state index in [1.54, 1.807) is 17.5 Å². The summed E-state index contributed by atoms with van der Waals surface area (Å²) in [5.41, 5.74) is 0. The van der Waals surface area contributed by atoms with Crippen molar-refractivity contribution in [3.05, 3.63) is 16.6 Å². The molecule has 2 amide bonds. The van der Waals surface area contributed by atoms with Crippen LogP contribution in [-0.4, -0.2) is 48.1 Å².